The first kappa shape index (κ1) is 58.4. The van der Waals surface area contributed by atoms with Crippen LogP contribution in [0.3, 0.4) is 0 Å². The molecule has 4 saturated heterocycles. The van der Waals surface area contributed by atoms with Crippen LogP contribution in [0.2, 0.25) is 0 Å². The number of carboxylic acids is 2. The molecule has 0 aromatic carbocycles. The van der Waals surface area contributed by atoms with Gasteiger partial charge in [-0.3, -0.25) is 27.8 Å². The van der Waals surface area contributed by atoms with E-state index in [1.54, 1.807) is 0 Å². The first-order valence-corrected chi connectivity index (χ1v) is 24.2. The second kappa shape index (κ2) is 22.7. The lowest BCUT2D eigenvalue weighted by Crippen LogP contribution is -2.71. The Hall–Kier alpha value is -3.16. The summed E-state index contributed by atoms with van der Waals surface area (Å²) in [5.41, 5.74) is 0. The largest absolute Gasteiger partial charge is 0.479 e. The smallest absolute Gasteiger partial charge is 0.397 e. The molecule has 2 amide bonds. The lowest BCUT2D eigenvalue weighted by Gasteiger charge is -2.50. The van der Waals surface area contributed by atoms with Crippen LogP contribution in [0.4, 0.5) is 0 Å². The molecule has 0 radical (unpaired) electrons. The van der Waals surface area contributed by atoms with Crippen molar-refractivity contribution in [2.75, 3.05) is 13.2 Å². The normalized spacial score (nSPS) is 39.2. The zero-order chi connectivity index (χ0) is 52.5. The fraction of sp³-hybridized carbons (Fsp3) is 0.857. The third-order valence-corrected chi connectivity index (χ3v) is 11.6. The van der Waals surface area contributed by atoms with Crippen molar-refractivity contribution in [3.8, 4) is 0 Å². The molecule has 0 aromatic rings. The Labute approximate surface area is 386 Å². The summed E-state index contributed by atoms with van der Waals surface area (Å²) in [4.78, 5) is 49.4. The van der Waals surface area contributed by atoms with Crippen LogP contribution in [0, 0.1) is 0 Å². The van der Waals surface area contributed by atoms with Gasteiger partial charge in [0.25, 0.3) is 0 Å². The number of carbonyl (C=O) groups excluding carboxylic acids is 2. The maximum Gasteiger partial charge on any atom is 0.397 e. The van der Waals surface area contributed by atoms with Gasteiger partial charge in [0.1, 0.15) is 85.3 Å². The molecule has 20 atom stereocenters. The van der Waals surface area contributed by atoms with E-state index in [4.69, 9.17) is 37.7 Å². The van der Waals surface area contributed by atoms with E-state index in [1.165, 1.54) is 0 Å². The number of nitrogens with one attached hydrogen (secondary N) is 2. The van der Waals surface area contributed by atoms with E-state index in [2.05, 4.69) is 16.7 Å². The van der Waals surface area contributed by atoms with E-state index in [1.807, 2.05) is 10.6 Å². The maximum absolute atomic E-state index is 12.8. The molecule has 37 nitrogen and oxygen atoms in total. The highest BCUT2D eigenvalue weighted by molar-refractivity contribution is 7.81. The number of aliphatic carboxylic acids is 2. The topological polar surface area (TPSA) is 573 Å². The molecule has 0 aromatic heterocycles. The monoisotopic (exact) mass is 1100 g/mol. The molecule has 0 spiro atoms. The van der Waals surface area contributed by atoms with Crippen molar-refractivity contribution < 1.29 is 162 Å². The van der Waals surface area contributed by atoms with Crippen LogP contribution in [0.1, 0.15) is 13.8 Å². The van der Waals surface area contributed by atoms with Gasteiger partial charge in [0, 0.05) is 13.8 Å². The van der Waals surface area contributed by atoms with Gasteiger partial charge in [0.05, 0.1) is 13.2 Å². The Balaban J connectivity index is 1.81. The maximum atomic E-state index is 12.8. The van der Waals surface area contributed by atoms with Crippen molar-refractivity contribution in [1.82, 2.24) is 10.6 Å². The predicted octanol–water partition coefficient (Wildman–Crippen LogP) is -9.97. The van der Waals surface area contributed by atoms with Gasteiger partial charge in [-0.2, -0.15) is 33.7 Å². The molecule has 0 saturated carbocycles. The molecule has 0 aliphatic carbocycles. The van der Waals surface area contributed by atoms with Gasteiger partial charge < -0.3 is 84.6 Å². The first-order valence-electron chi connectivity index (χ1n) is 18.7. The Morgan fingerprint density at radius 3 is 1.28 bits per heavy atom. The molecule has 4 fully saturated rings. The van der Waals surface area contributed by atoms with Crippen LogP contribution in [-0.2, 0) is 111 Å². The highest BCUT2D eigenvalue weighted by Crippen LogP contribution is 2.37. The number of rotatable bonds is 20. The fourth-order valence-electron chi connectivity index (χ4n) is 7.06. The minimum absolute atomic E-state index is 0.719. The summed E-state index contributed by atoms with van der Waals surface area (Å²) in [5.74, 6) is -6.52. The van der Waals surface area contributed by atoms with E-state index < -0.39 is 201 Å². The highest BCUT2D eigenvalue weighted by Gasteiger charge is 2.59. The number of amides is 2. The number of hydrogen-bond acceptors (Lipinski definition) is 29. The summed E-state index contributed by atoms with van der Waals surface area (Å²) in [5, 5.41) is 88.6. The van der Waals surface area contributed by atoms with Crippen molar-refractivity contribution in [3.05, 3.63) is 0 Å². The van der Waals surface area contributed by atoms with Crippen molar-refractivity contribution in [3.63, 3.8) is 0 Å². The SMILES string of the molecule is CC(=O)NC1C(O[C@@H]2OC(C(=O)O)[C@H](O)[C@H](O)C2O)C(OS(=O)(=O)O)C(COS(=O)(=O)O)O[C@H]1O[C@H]1C(C(=O)O)O[C@@H](O[C@@H]2C(NC(C)=O)[C@H](O)OC(COS(=O)(=O)O)[C@@H]2OS(=O)(=O)O)C(O)[C@H]1O. The van der Waals surface area contributed by atoms with Crippen LogP contribution < -0.4 is 10.6 Å². The van der Waals surface area contributed by atoms with Gasteiger partial charge in [-0.15, -0.1) is 0 Å². The molecule has 4 heterocycles. The Morgan fingerprint density at radius 1 is 0.464 bits per heavy atom. The average molecular weight is 1100 g/mol. The Bertz CT molecular complexity index is 2300. The number of ether oxygens (including phenoxy) is 7. The van der Waals surface area contributed by atoms with Gasteiger partial charge in [-0.25, -0.2) is 26.3 Å². The van der Waals surface area contributed by atoms with Gasteiger partial charge in [0.2, 0.25) is 11.8 Å². The molecule has 14 N–H and O–H groups in total. The number of aliphatic hydroxyl groups is 6. The Kier molecular flexibility index (Phi) is 19.2. The van der Waals surface area contributed by atoms with E-state index >= 15 is 0 Å². The summed E-state index contributed by atoms with van der Waals surface area (Å²) in [6, 6.07) is -4.50. The quantitative estimate of drug-likeness (QED) is 0.0504. The average Bonchev–Trinajstić information content (AvgIpc) is 3.18. The van der Waals surface area contributed by atoms with E-state index in [9.17, 15) is 107 Å². The highest BCUT2D eigenvalue weighted by atomic mass is 32.3. The van der Waals surface area contributed by atoms with Crippen molar-refractivity contribution in [2.24, 2.45) is 0 Å². The standard InChI is InChI=1S/C28H44N2O35S4/c1-5(31)29-9-18(16(64-68(49,50)51)7(57-25(9)42)3-55-66(43,44)45)59-28-15(37)13(35)20(22(63-28)24(40)41)61-26-10(30-6(2)32)19(60-27-14(36)11(33)12(34)21(62-27)23(38)39)17(65-69(52,53)54)8(58-26)4-56-67(46,47)48/h7-22,25-28,33-37,42H,3-4H2,1-2H3,(H,29,31)(H,30,32)(H,38,39)(H,40,41)(H,43,44,45)(H,46,47,48)(H,49,50,51)(H,52,53,54)/t7?,8?,9?,10?,11-,12+,13+,14?,15?,16-,17?,18+,19?,20+,21?,22?,25+,26-,27+,28+/m0/s1. The van der Waals surface area contributed by atoms with Crippen LogP contribution in [0.5, 0.6) is 0 Å². The zero-order valence-corrected chi connectivity index (χ0v) is 37.6. The molecule has 400 valence electrons. The molecule has 4 aliphatic heterocycles. The minimum Gasteiger partial charge on any atom is -0.479 e. The second-order valence-electron chi connectivity index (χ2n) is 14.7. The second-order valence-corrected chi connectivity index (χ2v) is 19.0. The Morgan fingerprint density at radius 2 is 0.855 bits per heavy atom. The summed E-state index contributed by atoms with van der Waals surface area (Å²) < 4.78 is 187. The van der Waals surface area contributed by atoms with Crippen molar-refractivity contribution >= 4 is 65.3 Å². The first-order chi connectivity index (χ1) is 31.5. The summed E-state index contributed by atoms with van der Waals surface area (Å²) in [6.07, 6.45) is -46.0. The molecular formula is C28H44N2O35S4. The molecular weight excluding hydrogens is 1050 g/mol. The predicted molar refractivity (Wildman–Crippen MR) is 200 cm³/mol. The van der Waals surface area contributed by atoms with Crippen LogP contribution in [-0.4, -0.2) is 252 Å². The summed E-state index contributed by atoms with van der Waals surface area (Å²) in [7, 11) is -22.5. The molecule has 41 heteroatoms. The molecule has 4 aliphatic rings. The molecule has 69 heavy (non-hydrogen) atoms. The van der Waals surface area contributed by atoms with Crippen molar-refractivity contribution in [1.29, 1.82) is 0 Å². The summed E-state index contributed by atoms with van der Waals surface area (Å²) in [6.45, 7) is -1.60. The third kappa shape index (κ3) is 15.9. The molecule has 10 unspecified atom stereocenters. The summed E-state index contributed by atoms with van der Waals surface area (Å²) >= 11 is 0. The number of aliphatic hydroxyl groups excluding tert-OH is 6. The van der Waals surface area contributed by atoms with Crippen LogP contribution in [0.25, 0.3) is 0 Å². The lowest BCUT2D eigenvalue weighted by molar-refractivity contribution is -0.366. The number of carboxylic acid groups (broad SMARTS) is 2. The van der Waals surface area contributed by atoms with Gasteiger partial charge in [-0.1, -0.05) is 0 Å². The third-order valence-electron chi connectivity index (χ3n) is 9.75. The molecule has 4 rings (SSSR count). The van der Waals surface area contributed by atoms with E-state index in [0.717, 1.165) is 13.8 Å². The van der Waals surface area contributed by atoms with E-state index in [-0.39, 0.29) is 0 Å². The van der Waals surface area contributed by atoms with E-state index in [0.29, 0.717) is 0 Å². The van der Waals surface area contributed by atoms with Crippen LogP contribution in [0.15, 0.2) is 0 Å². The zero-order valence-electron chi connectivity index (χ0n) is 34.4. The van der Waals surface area contributed by atoms with Gasteiger partial charge in [-0.05, 0) is 0 Å². The van der Waals surface area contributed by atoms with Gasteiger partial charge in [0.15, 0.2) is 37.4 Å². The van der Waals surface area contributed by atoms with Gasteiger partial charge >= 0.3 is 53.5 Å². The fourth-order valence-corrected chi connectivity index (χ4v) is 8.70. The number of hydrogen-bond donors (Lipinski definition) is 14. The lowest BCUT2D eigenvalue weighted by atomic mass is 9.94. The molecule has 0 bridgehead atoms. The number of carbonyl (C=O) groups is 4. The minimum atomic E-state index is -5.83. The van der Waals surface area contributed by atoms with Crippen LogP contribution >= 0.6 is 0 Å². The van der Waals surface area contributed by atoms with Crippen molar-refractivity contribution in [2.45, 2.75) is 137 Å².